The Balaban J connectivity index is 2.60. The molecule has 1 saturated carbocycles. The van der Waals surface area contributed by atoms with Crippen molar-refractivity contribution >= 4 is 6.29 Å². The molecule has 0 aliphatic heterocycles. The molecule has 1 atom stereocenters. The first-order valence-electron chi connectivity index (χ1n) is 5.14. The Labute approximate surface area is 80.5 Å². The van der Waals surface area contributed by atoms with Gasteiger partial charge in [-0.25, -0.2) is 0 Å². The summed E-state index contributed by atoms with van der Waals surface area (Å²) in [6, 6.07) is 0. The van der Waals surface area contributed by atoms with Gasteiger partial charge >= 0.3 is 0 Å². The summed E-state index contributed by atoms with van der Waals surface area (Å²) < 4.78 is 0. The van der Waals surface area contributed by atoms with E-state index in [2.05, 4.69) is 12.2 Å². The van der Waals surface area contributed by atoms with Crippen LogP contribution in [0.3, 0.4) is 0 Å². The molecule has 1 heteroatoms. The zero-order valence-electron chi connectivity index (χ0n) is 8.33. The Hall–Kier alpha value is -0.850. The van der Waals surface area contributed by atoms with Crippen LogP contribution in [0.4, 0.5) is 0 Å². The van der Waals surface area contributed by atoms with Crippen molar-refractivity contribution in [3.63, 3.8) is 0 Å². The maximum absolute atomic E-state index is 10.4. The number of hydrogen-bond acceptors (Lipinski definition) is 1. The van der Waals surface area contributed by atoms with Crippen molar-refractivity contribution in [3.8, 4) is 0 Å². The summed E-state index contributed by atoms with van der Waals surface area (Å²) in [5, 5.41) is 0. The van der Waals surface area contributed by atoms with E-state index in [9.17, 15) is 4.79 Å². The van der Waals surface area contributed by atoms with E-state index in [0.29, 0.717) is 12.3 Å². The van der Waals surface area contributed by atoms with E-state index >= 15 is 0 Å². The molecule has 0 amide bonds. The van der Waals surface area contributed by atoms with Gasteiger partial charge in [-0.2, -0.15) is 0 Å². The van der Waals surface area contributed by atoms with Crippen LogP contribution in [0.15, 0.2) is 23.8 Å². The minimum absolute atomic E-state index is 0.530. The number of hydrogen-bond donors (Lipinski definition) is 0. The van der Waals surface area contributed by atoms with Gasteiger partial charge in [0.25, 0.3) is 0 Å². The predicted molar refractivity (Wildman–Crippen MR) is 55.5 cm³/mol. The van der Waals surface area contributed by atoms with Crippen LogP contribution in [-0.4, -0.2) is 6.29 Å². The highest BCUT2D eigenvalue weighted by atomic mass is 16.1. The molecule has 13 heavy (non-hydrogen) atoms. The lowest BCUT2D eigenvalue weighted by molar-refractivity contribution is -0.108. The molecule has 0 radical (unpaired) electrons. The van der Waals surface area contributed by atoms with Gasteiger partial charge in [-0.05, 0) is 32.1 Å². The Morgan fingerprint density at radius 3 is 3.00 bits per heavy atom. The fourth-order valence-corrected chi connectivity index (χ4v) is 1.93. The highest BCUT2D eigenvalue weighted by Crippen LogP contribution is 2.31. The summed E-state index contributed by atoms with van der Waals surface area (Å²) in [6.45, 7) is 2.02. The third kappa shape index (κ3) is 3.17. The van der Waals surface area contributed by atoms with E-state index in [0.717, 1.165) is 6.29 Å². The van der Waals surface area contributed by atoms with Crippen LogP contribution in [0.2, 0.25) is 0 Å². The monoisotopic (exact) mass is 178 g/mol. The molecule has 0 heterocycles. The third-order valence-electron chi connectivity index (χ3n) is 2.68. The highest BCUT2D eigenvalue weighted by Gasteiger charge is 2.17. The normalized spacial score (nSPS) is 26.8. The summed E-state index contributed by atoms with van der Waals surface area (Å²) in [4.78, 5) is 10.4. The lowest BCUT2D eigenvalue weighted by Gasteiger charge is -2.23. The van der Waals surface area contributed by atoms with E-state index in [1.54, 1.807) is 0 Å². The molecular weight excluding hydrogens is 160 g/mol. The van der Waals surface area contributed by atoms with Gasteiger partial charge in [0.2, 0.25) is 0 Å². The van der Waals surface area contributed by atoms with Crippen LogP contribution in [-0.2, 0) is 4.79 Å². The molecule has 1 unspecified atom stereocenters. The molecule has 1 nitrogen and oxygen atoms in total. The van der Waals surface area contributed by atoms with E-state index in [1.165, 1.54) is 31.3 Å². The zero-order chi connectivity index (χ0) is 9.52. The highest BCUT2D eigenvalue weighted by molar-refractivity contribution is 5.51. The van der Waals surface area contributed by atoms with E-state index < -0.39 is 0 Å². The van der Waals surface area contributed by atoms with Crippen molar-refractivity contribution in [2.75, 3.05) is 0 Å². The Morgan fingerprint density at radius 1 is 1.46 bits per heavy atom. The molecule has 0 aromatic rings. The van der Waals surface area contributed by atoms with E-state index in [1.807, 2.05) is 13.0 Å². The van der Waals surface area contributed by atoms with Crippen LogP contribution >= 0.6 is 0 Å². The van der Waals surface area contributed by atoms with Gasteiger partial charge in [0, 0.05) is 6.42 Å². The van der Waals surface area contributed by atoms with Crippen LogP contribution in [0.5, 0.6) is 0 Å². The number of carbonyl (C=O) groups is 1. The summed E-state index contributed by atoms with van der Waals surface area (Å²) in [7, 11) is 0. The average molecular weight is 178 g/mol. The molecule has 0 spiro atoms. The predicted octanol–water partition coefficient (Wildman–Crippen LogP) is 3.27. The Morgan fingerprint density at radius 2 is 2.31 bits per heavy atom. The molecule has 0 aromatic carbocycles. The van der Waals surface area contributed by atoms with Gasteiger partial charge < -0.3 is 4.79 Å². The van der Waals surface area contributed by atoms with Crippen molar-refractivity contribution in [1.29, 1.82) is 0 Å². The van der Waals surface area contributed by atoms with E-state index in [4.69, 9.17) is 0 Å². The van der Waals surface area contributed by atoms with Crippen molar-refractivity contribution in [1.82, 2.24) is 0 Å². The first kappa shape index (κ1) is 10.2. The fraction of sp³-hybridized carbons (Fsp3) is 0.583. The average Bonchev–Trinajstić information content (AvgIpc) is 2.17. The molecule has 1 aliphatic carbocycles. The van der Waals surface area contributed by atoms with E-state index in [-0.39, 0.29) is 0 Å². The molecule has 0 saturated heterocycles. The quantitative estimate of drug-likeness (QED) is 0.606. The topological polar surface area (TPSA) is 17.1 Å². The minimum atomic E-state index is 0.530. The minimum Gasteiger partial charge on any atom is -0.303 e. The summed E-state index contributed by atoms with van der Waals surface area (Å²) in [5.41, 5.74) is 1.47. The van der Waals surface area contributed by atoms with Gasteiger partial charge in [0.1, 0.15) is 6.29 Å². The van der Waals surface area contributed by atoms with Crippen molar-refractivity contribution in [2.45, 2.75) is 39.0 Å². The molecule has 0 aromatic heterocycles. The SMILES string of the molecule is C/C=C/C=C1/CCCCC1CC=O. The second-order valence-corrected chi connectivity index (χ2v) is 3.61. The summed E-state index contributed by atoms with van der Waals surface area (Å²) in [6.07, 6.45) is 13.0. The Kier molecular flexibility index (Phi) is 4.52. The van der Waals surface area contributed by atoms with Crippen LogP contribution in [0.25, 0.3) is 0 Å². The summed E-state index contributed by atoms with van der Waals surface area (Å²) in [5.74, 6) is 0.530. The molecule has 1 rings (SSSR count). The third-order valence-corrected chi connectivity index (χ3v) is 2.68. The maximum Gasteiger partial charge on any atom is 0.120 e. The van der Waals surface area contributed by atoms with Gasteiger partial charge in [0.05, 0.1) is 0 Å². The summed E-state index contributed by atoms with van der Waals surface area (Å²) >= 11 is 0. The first-order valence-corrected chi connectivity index (χ1v) is 5.14. The van der Waals surface area contributed by atoms with Crippen LogP contribution in [0, 0.1) is 5.92 Å². The van der Waals surface area contributed by atoms with Gasteiger partial charge in [-0.3, -0.25) is 0 Å². The molecule has 0 bridgehead atoms. The number of allylic oxidation sites excluding steroid dienone is 4. The van der Waals surface area contributed by atoms with Crippen molar-refractivity contribution in [3.05, 3.63) is 23.8 Å². The number of aldehydes is 1. The number of carbonyl (C=O) groups excluding carboxylic acids is 1. The maximum atomic E-state index is 10.4. The standard InChI is InChI=1S/C12H18O/c1-2-3-6-11-7-4-5-8-12(11)9-10-13/h2-3,6,10,12H,4-5,7-9H2,1H3/b3-2+,11-6-. The molecule has 72 valence electrons. The first-order chi connectivity index (χ1) is 6.38. The second kappa shape index (κ2) is 5.74. The largest absolute Gasteiger partial charge is 0.303 e. The number of rotatable bonds is 3. The van der Waals surface area contributed by atoms with Crippen LogP contribution in [0.1, 0.15) is 39.0 Å². The Bertz CT molecular complexity index is 213. The molecule has 0 N–H and O–H groups in total. The smallest absolute Gasteiger partial charge is 0.120 e. The molecule has 1 fully saturated rings. The second-order valence-electron chi connectivity index (χ2n) is 3.61. The molecular formula is C12H18O. The van der Waals surface area contributed by atoms with Gasteiger partial charge in [-0.15, -0.1) is 0 Å². The van der Waals surface area contributed by atoms with Crippen LogP contribution < -0.4 is 0 Å². The lowest BCUT2D eigenvalue weighted by atomic mass is 9.82. The van der Waals surface area contributed by atoms with Gasteiger partial charge in [0.15, 0.2) is 0 Å². The molecule has 1 aliphatic rings. The lowest BCUT2D eigenvalue weighted by Crippen LogP contribution is -2.10. The zero-order valence-corrected chi connectivity index (χ0v) is 8.33. The fourth-order valence-electron chi connectivity index (χ4n) is 1.93. The van der Waals surface area contributed by atoms with Crippen molar-refractivity contribution in [2.24, 2.45) is 5.92 Å². The van der Waals surface area contributed by atoms with Crippen molar-refractivity contribution < 1.29 is 4.79 Å². The van der Waals surface area contributed by atoms with Gasteiger partial charge in [-0.1, -0.05) is 30.2 Å².